The molecular formula is C11H14N2O3. The smallest absolute Gasteiger partial charge is 0.328 e. The summed E-state index contributed by atoms with van der Waals surface area (Å²) in [6, 6.07) is 3.58. The van der Waals surface area contributed by atoms with Crippen molar-refractivity contribution in [3.63, 3.8) is 0 Å². The molecule has 16 heavy (non-hydrogen) atoms. The third-order valence-corrected chi connectivity index (χ3v) is 2.76. The maximum absolute atomic E-state index is 11.8. The van der Waals surface area contributed by atoms with Crippen molar-refractivity contribution in [1.82, 2.24) is 9.13 Å². The Labute approximate surface area is 92.8 Å². The van der Waals surface area contributed by atoms with Crippen LogP contribution in [0.5, 0.6) is 11.5 Å². The zero-order valence-electron chi connectivity index (χ0n) is 9.77. The molecule has 0 fully saturated rings. The number of nitrogens with zero attached hydrogens (tertiary/aromatic N) is 2. The summed E-state index contributed by atoms with van der Waals surface area (Å²) in [5, 5.41) is 0. The summed E-state index contributed by atoms with van der Waals surface area (Å²) in [5.41, 5.74) is 1.39. The lowest BCUT2D eigenvalue weighted by Gasteiger charge is -2.07. The lowest BCUT2D eigenvalue weighted by Crippen LogP contribution is -2.19. The Morgan fingerprint density at radius 3 is 1.62 bits per heavy atom. The van der Waals surface area contributed by atoms with Crippen LogP contribution in [0.4, 0.5) is 0 Å². The van der Waals surface area contributed by atoms with E-state index in [1.54, 1.807) is 49.6 Å². The highest BCUT2D eigenvalue weighted by molar-refractivity contribution is 5.88. The van der Waals surface area contributed by atoms with Crippen molar-refractivity contribution in [2.75, 3.05) is 14.2 Å². The lowest BCUT2D eigenvalue weighted by molar-refractivity contribution is 0.408. The van der Waals surface area contributed by atoms with Crippen molar-refractivity contribution in [2.24, 2.45) is 14.1 Å². The second kappa shape index (κ2) is 3.59. The second-order valence-electron chi connectivity index (χ2n) is 3.57. The average molecular weight is 222 g/mol. The van der Waals surface area contributed by atoms with Crippen molar-refractivity contribution in [3.05, 3.63) is 22.6 Å². The van der Waals surface area contributed by atoms with Crippen LogP contribution in [0.25, 0.3) is 11.0 Å². The van der Waals surface area contributed by atoms with Gasteiger partial charge in [-0.25, -0.2) is 4.79 Å². The third-order valence-electron chi connectivity index (χ3n) is 2.76. The molecule has 0 saturated heterocycles. The monoisotopic (exact) mass is 222 g/mol. The number of rotatable bonds is 2. The lowest BCUT2D eigenvalue weighted by atomic mass is 10.2. The molecule has 0 N–H and O–H groups in total. The van der Waals surface area contributed by atoms with Gasteiger partial charge in [-0.2, -0.15) is 0 Å². The van der Waals surface area contributed by atoms with Crippen molar-refractivity contribution in [3.8, 4) is 11.5 Å². The van der Waals surface area contributed by atoms with Gasteiger partial charge in [-0.3, -0.25) is 9.13 Å². The fraction of sp³-hybridized carbons (Fsp3) is 0.364. The van der Waals surface area contributed by atoms with Crippen LogP contribution in [0.2, 0.25) is 0 Å². The molecule has 0 aliphatic heterocycles. The van der Waals surface area contributed by atoms with E-state index in [1.807, 2.05) is 0 Å². The number of hydrogen-bond acceptors (Lipinski definition) is 3. The van der Waals surface area contributed by atoms with Crippen LogP contribution in [0.15, 0.2) is 16.9 Å². The number of aryl methyl sites for hydroxylation is 2. The van der Waals surface area contributed by atoms with Gasteiger partial charge < -0.3 is 9.47 Å². The van der Waals surface area contributed by atoms with E-state index in [9.17, 15) is 4.79 Å². The van der Waals surface area contributed by atoms with Gasteiger partial charge in [0.1, 0.15) is 22.5 Å². The predicted octanol–water partition coefficient (Wildman–Crippen LogP) is 0.894. The molecule has 2 aromatic rings. The summed E-state index contributed by atoms with van der Waals surface area (Å²) in [4.78, 5) is 11.8. The van der Waals surface area contributed by atoms with Gasteiger partial charge in [-0.1, -0.05) is 0 Å². The first-order valence-corrected chi connectivity index (χ1v) is 4.88. The molecule has 86 valence electrons. The molecule has 5 heteroatoms. The van der Waals surface area contributed by atoms with Crippen LogP contribution in [0.1, 0.15) is 0 Å². The maximum atomic E-state index is 11.8. The Balaban J connectivity index is 3.02. The minimum Gasteiger partial charge on any atom is -0.494 e. The van der Waals surface area contributed by atoms with Crippen LogP contribution in [0.3, 0.4) is 0 Å². The maximum Gasteiger partial charge on any atom is 0.328 e. The number of benzene rings is 1. The molecule has 2 rings (SSSR count). The molecule has 0 aliphatic carbocycles. The van der Waals surface area contributed by atoms with E-state index in [1.165, 1.54) is 0 Å². The number of ether oxygens (including phenoxy) is 2. The van der Waals surface area contributed by atoms with Crippen LogP contribution < -0.4 is 15.2 Å². The Morgan fingerprint density at radius 2 is 1.31 bits per heavy atom. The molecule has 1 aromatic carbocycles. The van der Waals surface area contributed by atoms with Gasteiger partial charge in [0.05, 0.1) is 14.2 Å². The molecule has 0 unspecified atom stereocenters. The molecule has 0 aliphatic rings. The van der Waals surface area contributed by atoms with E-state index in [0.717, 1.165) is 11.0 Å². The fourth-order valence-corrected chi connectivity index (χ4v) is 1.94. The Hall–Kier alpha value is -1.91. The van der Waals surface area contributed by atoms with Crippen molar-refractivity contribution < 1.29 is 9.47 Å². The van der Waals surface area contributed by atoms with Gasteiger partial charge in [0.15, 0.2) is 0 Å². The van der Waals surface area contributed by atoms with E-state index in [0.29, 0.717) is 11.5 Å². The summed E-state index contributed by atoms with van der Waals surface area (Å²) in [6.45, 7) is 0. The third kappa shape index (κ3) is 1.21. The Bertz CT molecular complexity index is 545. The largest absolute Gasteiger partial charge is 0.494 e. The number of aromatic nitrogens is 2. The number of imidazole rings is 1. The minimum atomic E-state index is -0.0993. The number of hydrogen-bond donors (Lipinski definition) is 0. The highest BCUT2D eigenvalue weighted by Gasteiger charge is 2.16. The molecule has 0 saturated carbocycles. The van der Waals surface area contributed by atoms with Crippen LogP contribution in [-0.2, 0) is 14.1 Å². The van der Waals surface area contributed by atoms with Crippen molar-refractivity contribution >= 4 is 11.0 Å². The zero-order valence-corrected chi connectivity index (χ0v) is 9.77. The molecule has 0 spiro atoms. The molecule has 0 bridgehead atoms. The molecule has 1 aromatic heterocycles. The Morgan fingerprint density at radius 1 is 0.938 bits per heavy atom. The quantitative estimate of drug-likeness (QED) is 0.758. The normalized spacial score (nSPS) is 10.8. The summed E-state index contributed by atoms with van der Waals surface area (Å²) in [6.07, 6.45) is 0. The first kappa shape index (κ1) is 10.6. The number of methoxy groups -OCH3 is 2. The van der Waals surface area contributed by atoms with Gasteiger partial charge in [-0.15, -0.1) is 0 Å². The first-order chi connectivity index (χ1) is 7.61. The van der Waals surface area contributed by atoms with Crippen LogP contribution in [0, 0.1) is 0 Å². The van der Waals surface area contributed by atoms with Crippen LogP contribution >= 0.6 is 0 Å². The van der Waals surface area contributed by atoms with Crippen molar-refractivity contribution in [1.29, 1.82) is 0 Å². The summed E-state index contributed by atoms with van der Waals surface area (Å²) in [5.74, 6) is 1.33. The van der Waals surface area contributed by atoms with E-state index < -0.39 is 0 Å². The van der Waals surface area contributed by atoms with E-state index in [2.05, 4.69) is 0 Å². The molecule has 0 amide bonds. The average Bonchev–Trinajstić information content (AvgIpc) is 2.54. The highest BCUT2D eigenvalue weighted by atomic mass is 16.5. The minimum absolute atomic E-state index is 0.0993. The Kier molecular flexibility index (Phi) is 2.38. The van der Waals surface area contributed by atoms with Gasteiger partial charge >= 0.3 is 5.69 Å². The van der Waals surface area contributed by atoms with Gasteiger partial charge in [0, 0.05) is 14.1 Å². The SMILES string of the molecule is COc1ccc(OC)c2c1n(C)c(=O)n2C. The fourth-order valence-electron chi connectivity index (χ4n) is 1.94. The van der Waals surface area contributed by atoms with Crippen LogP contribution in [-0.4, -0.2) is 23.4 Å². The predicted molar refractivity (Wildman–Crippen MR) is 61.3 cm³/mol. The molecule has 0 radical (unpaired) electrons. The van der Waals surface area contributed by atoms with E-state index in [-0.39, 0.29) is 5.69 Å². The van der Waals surface area contributed by atoms with E-state index >= 15 is 0 Å². The topological polar surface area (TPSA) is 45.4 Å². The molecular weight excluding hydrogens is 208 g/mol. The molecule has 0 atom stereocenters. The van der Waals surface area contributed by atoms with Gasteiger partial charge in [0.2, 0.25) is 0 Å². The molecule has 5 nitrogen and oxygen atoms in total. The zero-order chi connectivity index (χ0) is 11.9. The summed E-state index contributed by atoms with van der Waals surface area (Å²) < 4.78 is 13.6. The summed E-state index contributed by atoms with van der Waals surface area (Å²) >= 11 is 0. The number of fused-ring (bicyclic) bond motifs is 1. The second-order valence-corrected chi connectivity index (χ2v) is 3.57. The standard InChI is InChI=1S/C11H14N2O3/c1-12-9-7(15-3)5-6-8(16-4)10(9)13(2)11(12)14/h5-6H,1-4H3. The summed E-state index contributed by atoms with van der Waals surface area (Å²) in [7, 11) is 6.59. The van der Waals surface area contributed by atoms with E-state index in [4.69, 9.17) is 9.47 Å². The van der Waals surface area contributed by atoms with Gasteiger partial charge in [-0.05, 0) is 12.1 Å². The van der Waals surface area contributed by atoms with Crippen molar-refractivity contribution in [2.45, 2.75) is 0 Å². The highest BCUT2D eigenvalue weighted by Crippen LogP contribution is 2.31. The molecule has 1 heterocycles. The van der Waals surface area contributed by atoms with Gasteiger partial charge in [0.25, 0.3) is 0 Å². The first-order valence-electron chi connectivity index (χ1n) is 4.88.